The molecule has 1 fully saturated rings. The van der Waals surface area contributed by atoms with Crippen LogP contribution in [0.5, 0.6) is 0 Å². The van der Waals surface area contributed by atoms with E-state index >= 15 is 0 Å². The van der Waals surface area contributed by atoms with Crippen molar-refractivity contribution >= 4 is 12.0 Å². The largest absolute Gasteiger partial charge is 0.479 e. The van der Waals surface area contributed by atoms with Crippen LogP contribution in [-0.2, 0) is 4.79 Å². The maximum absolute atomic E-state index is 11.6. The maximum atomic E-state index is 11.6. The average molecular weight is 288 g/mol. The number of aliphatic hydroxyl groups is 1. The standard InChI is InChI=1S/C12H24N4O4/c1-12(20,10(17)18)8-14-11(19)13-6-9-7-15(2)4-5-16(9)3/h9,20H,4-8H2,1-3H3,(H,17,18)(H2,13,14,19). The van der Waals surface area contributed by atoms with E-state index in [4.69, 9.17) is 5.11 Å². The van der Waals surface area contributed by atoms with Crippen molar-refractivity contribution in [2.75, 3.05) is 46.8 Å². The molecule has 1 saturated heterocycles. The molecule has 0 saturated carbocycles. The maximum Gasteiger partial charge on any atom is 0.337 e. The van der Waals surface area contributed by atoms with Crippen LogP contribution in [0.4, 0.5) is 4.79 Å². The minimum absolute atomic E-state index is 0.222. The first-order valence-electron chi connectivity index (χ1n) is 6.58. The third-order valence-electron chi connectivity index (χ3n) is 3.53. The van der Waals surface area contributed by atoms with E-state index in [1.807, 2.05) is 14.1 Å². The zero-order valence-corrected chi connectivity index (χ0v) is 12.2. The quantitative estimate of drug-likeness (QED) is 0.484. The highest BCUT2D eigenvalue weighted by atomic mass is 16.4. The SMILES string of the molecule is CN1CCN(C)C(CNC(=O)NCC(C)(O)C(=O)O)C1. The van der Waals surface area contributed by atoms with Crippen LogP contribution in [0.2, 0.25) is 0 Å². The van der Waals surface area contributed by atoms with Gasteiger partial charge in [0.05, 0.1) is 6.54 Å². The number of aliphatic carboxylic acids is 1. The molecule has 0 aromatic carbocycles. The topological polar surface area (TPSA) is 105 Å². The van der Waals surface area contributed by atoms with E-state index in [-0.39, 0.29) is 12.6 Å². The van der Waals surface area contributed by atoms with Gasteiger partial charge in [0.25, 0.3) is 0 Å². The van der Waals surface area contributed by atoms with Crippen molar-refractivity contribution in [1.29, 1.82) is 0 Å². The molecule has 8 nitrogen and oxygen atoms in total. The summed E-state index contributed by atoms with van der Waals surface area (Å²) in [6.45, 7) is 4.08. The molecule has 0 aromatic heterocycles. The van der Waals surface area contributed by atoms with Crippen LogP contribution in [0.1, 0.15) is 6.92 Å². The molecule has 0 radical (unpaired) electrons. The minimum atomic E-state index is -1.96. The monoisotopic (exact) mass is 288 g/mol. The Morgan fingerprint density at radius 3 is 2.55 bits per heavy atom. The van der Waals surface area contributed by atoms with E-state index in [2.05, 4.69) is 20.4 Å². The van der Waals surface area contributed by atoms with E-state index in [9.17, 15) is 14.7 Å². The molecule has 8 heteroatoms. The fraction of sp³-hybridized carbons (Fsp3) is 0.833. The van der Waals surface area contributed by atoms with E-state index < -0.39 is 17.6 Å². The fourth-order valence-corrected chi connectivity index (χ4v) is 1.92. The zero-order valence-electron chi connectivity index (χ0n) is 12.2. The second kappa shape index (κ2) is 6.87. The van der Waals surface area contributed by atoms with Crippen molar-refractivity contribution in [2.24, 2.45) is 0 Å². The summed E-state index contributed by atoms with van der Waals surface area (Å²) in [6, 6.07) is -0.257. The summed E-state index contributed by atoms with van der Waals surface area (Å²) in [4.78, 5) is 26.6. The number of rotatable bonds is 5. The summed E-state index contributed by atoms with van der Waals surface area (Å²) in [6.07, 6.45) is 0. The lowest BCUT2D eigenvalue weighted by Crippen LogP contribution is -2.56. The number of amides is 2. The summed E-state index contributed by atoms with van der Waals surface area (Å²) in [5, 5.41) is 23.2. The highest BCUT2D eigenvalue weighted by Gasteiger charge is 2.30. The number of carboxylic acids is 1. The molecule has 1 rings (SSSR count). The van der Waals surface area contributed by atoms with Crippen molar-refractivity contribution in [3.63, 3.8) is 0 Å². The number of nitrogens with zero attached hydrogens (tertiary/aromatic N) is 2. The van der Waals surface area contributed by atoms with Gasteiger partial charge in [-0.25, -0.2) is 9.59 Å². The van der Waals surface area contributed by atoms with E-state index in [1.54, 1.807) is 0 Å². The second-order valence-electron chi connectivity index (χ2n) is 5.54. The molecular weight excluding hydrogens is 264 g/mol. The number of likely N-dealkylation sites (N-methyl/N-ethyl adjacent to an activating group) is 2. The third-order valence-corrected chi connectivity index (χ3v) is 3.53. The van der Waals surface area contributed by atoms with Crippen LogP contribution < -0.4 is 10.6 Å². The molecule has 4 N–H and O–H groups in total. The van der Waals surface area contributed by atoms with Crippen molar-refractivity contribution in [3.8, 4) is 0 Å². The van der Waals surface area contributed by atoms with Gasteiger partial charge in [0, 0.05) is 32.2 Å². The van der Waals surface area contributed by atoms with Gasteiger partial charge in [-0.15, -0.1) is 0 Å². The Balaban J connectivity index is 2.31. The Hall–Kier alpha value is -1.38. The van der Waals surface area contributed by atoms with Gasteiger partial charge in [-0.3, -0.25) is 4.90 Å². The molecule has 2 amide bonds. The van der Waals surface area contributed by atoms with E-state index in [0.29, 0.717) is 6.54 Å². The summed E-state index contributed by atoms with van der Waals surface area (Å²) < 4.78 is 0. The molecule has 116 valence electrons. The Labute approximate surface area is 118 Å². The minimum Gasteiger partial charge on any atom is -0.479 e. The number of carboxylic acid groups (broad SMARTS) is 1. The Morgan fingerprint density at radius 2 is 1.95 bits per heavy atom. The van der Waals surface area contributed by atoms with Gasteiger partial charge in [0.2, 0.25) is 0 Å². The number of nitrogens with one attached hydrogen (secondary N) is 2. The summed E-state index contributed by atoms with van der Waals surface area (Å²) in [7, 11) is 4.04. The molecule has 1 heterocycles. The van der Waals surface area contributed by atoms with Crippen LogP contribution in [0.15, 0.2) is 0 Å². The average Bonchev–Trinajstić information content (AvgIpc) is 2.37. The van der Waals surface area contributed by atoms with Gasteiger partial charge in [0.1, 0.15) is 0 Å². The van der Waals surface area contributed by atoms with Crippen LogP contribution in [0.25, 0.3) is 0 Å². The Bertz CT molecular complexity index is 361. The molecule has 0 aromatic rings. The van der Waals surface area contributed by atoms with E-state index in [1.165, 1.54) is 0 Å². The van der Waals surface area contributed by atoms with E-state index in [0.717, 1.165) is 26.6 Å². The van der Waals surface area contributed by atoms with Gasteiger partial charge in [-0.2, -0.15) is 0 Å². The zero-order chi connectivity index (χ0) is 15.3. The number of carbonyl (C=O) groups excluding carboxylic acids is 1. The van der Waals surface area contributed by atoms with Gasteiger partial charge < -0.3 is 25.7 Å². The Kier molecular flexibility index (Phi) is 5.73. The smallest absolute Gasteiger partial charge is 0.337 e. The first kappa shape index (κ1) is 16.7. The van der Waals surface area contributed by atoms with Gasteiger partial charge in [-0.1, -0.05) is 0 Å². The van der Waals surface area contributed by atoms with Gasteiger partial charge >= 0.3 is 12.0 Å². The Morgan fingerprint density at radius 1 is 1.30 bits per heavy atom. The number of urea groups is 1. The molecule has 1 aliphatic heterocycles. The number of carbonyl (C=O) groups is 2. The molecule has 1 aliphatic rings. The molecule has 2 unspecified atom stereocenters. The van der Waals surface area contributed by atoms with Gasteiger partial charge in [0.15, 0.2) is 5.60 Å². The lowest BCUT2D eigenvalue weighted by molar-refractivity contribution is -0.155. The van der Waals surface area contributed by atoms with Crippen molar-refractivity contribution in [3.05, 3.63) is 0 Å². The molecule has 0 aliphatic carbocycles. The predicted octanol–water partition coefficient (Wildman–Crippen LogP) is -1.63. The lowest BCUT2D eigenvalue weighted by Gasteiger charge is -2.37. The molecule has 0 bridgehead atoms. The third kappa shape index (κ3) is 4.95. The summed E-state index contributed by atoms with van der Waals surface area (Å²) in [5.41, 5.74) is -1.96. The molecular formula is C12H24N4O4. The van der Waals surface area contributed by atoms with Gasteiger partial charge in [-0.05, 0) is 21.0 Å². The van der Waals surface area contributed by atoms with Crippen LogP contribution in [-0.4, -0.2) is 90.5 Å². The number of hydrogen-bond donors (Lipinski definition) is 4. The molecule has 2 atom stereocenters. The number of hydrogen-bond acceptors (Lipinski definition) is 5. The normalized spacial score (nSPS) is 23.9. The van der Waals surface area contributed by atoms with Crippen molar-refractivity contribution in [2.45, 2.75) is 18.6 Å². The number of piperazine rings is 1. The first-order chi connectivity index (χ1) is 9.22. The highest BCUT2D eigenvalue weighted by molar-refractivity contribution is 5.79. The van der Waals surface area contributed by atoms with Crippen molar-refractivity contribution in [1.82, 2.24) is 20.4 Å². The molecule has 20 heavy (non-hydrogen) atoms. The van der Waals surface area contributed by atoms with Crippen LogP contribution in [0.3, 0.4) is 0 Å². The predicted molar refractivity (Wildman–Crippen MR) is 73.6 cm³/mol. The first-order valence-corrected chi connectivity index (χ1v) is 6.58. The lowest BCUT2D eigenvalue weighted by atomic mass is 10.1. The summed E-state index contributed by atoms with van der Waals surface area (Å²) in [5.74, 6) is -1.37. The summed E-state index contributed by atoms with van der Waals surface area (Å²) >= 11 is 0. The second-order valence-corrected chi connectivity index (χ2v) is 5.54. The van der Waals surface area contributed by atoms with Crippen LogP contribution in [0, 0.1) is 0 Å². The molecule has 0 spiro atoms. The fourth-order valence-electron chi connectivity index (χ4n) is 1.92. The van der Waals surface area contributed by atoms with Crippen molar-refractivity contribution < 1.29 is 19.8 Å². The van der Waals surface area contributed by atoms with Crippen LogP contribution >= 0.6 is 0 Å². The highest BCUT2D eigenvalue weighted by Crippen LogP contribution is 2.04.